The summed E-state index contributed by atoms with van der Waals surface area (Å²) in [4.78, 5) is 38.0. The predicted octanol–water partition coefficient (Wildman–Crippen LogP) is 18.3. The Balaban J connectivity index is 4.27. The maximum Gasteiger partial charge on any atom is 0.306 e. The predicted molar refractivity (Wildman–Crippen MR) is 270 cm³/mol. The molecule has 6 nitrogen and oxygen atoms in total. The molecule has 0 fully saturated rings. The van der Waals surface area contributed by atoms with E-state index in [1.165, 1.54) is 199 Å². The minimum Gasteiger partial charge on any atom is -0.462 e. The molecule has 0 heterocycles. The Morgan fingerprint density at radius 2 is 0.524 bits per heavy atom. The van der Waals surface area contributed by atoms with Crippen LogP contribution in [0.25, 0.3) is 0 Å². The van der Waals surface area contributed by atoms with Crippen LogP contribution in [0.15, 0.2) is 24.3 Å². The maximum absolute atomic E-state index is 12.8. The summed E-state index contributed by atoms with van der Waals surface area (Å²) >= 11 is 0. The number of hydrogen-bond donors (Lipinski definition) is 0. The molecule has 0 bridgehead atoms. The van der Waals surface area contributed by atoms with Gasteiger partial charge in [-0.3, -0.25) is 14.4 Å². The number of carbonyl (C=O) groups excluding carboxylic acids is 3. The van der Waals surface area contributed by atoms with E-state index >= 15 is 0 Å². The van der Waals surface area contributed by atoms with Gasteiger partial charge in [-0.05, 0) is 70.6 Å². The van der Waals surface area contributed by atoms with Gasteiger partial charge in [0.25, 0.3) is 0 Å². The Kier molecular flexibility index (Phi) is 50.8. The standard InChI is InChI=1S/C57H106O6/c1-4-7-10-13-16-19-22-24-25-26-27-28-29-30-31-33-36-39-42-45-48-51-57(60)63-54(52-61-55(58)49-46-43-40-37-34-21-18-15-12-9-6-3)53-62-56(59)50-47-44-41-38-35-32-23-20-17-14-11-8-5-2/h20,23-25,54H,4-19,21-22,26-53H2,1-3H3/b23-20-,25-24-/t54-/m0/s1. The summed E-state index contributed by atoms with van der Waals surface area (Å²) in [6, 6.07) is 0. The second-order valence-electron chi connectivity index (χ2n) is 18.8. The lowest BCUT2D eigenvalue weighted by molar-refractivity contribution is -0.167. The zero-order chi connectivity index (χ0) is 45.8. The van der Waals surface area contributed by atoms with Crippen molar-refractivity contribution in [1.29, 1.82) is 0 Å². The highest BCUT2D eigenvalue weighted by Gasteiger charge is 2.19. The van der Waals surface area contributed by atoms with E-state index in [-0.39, 0.29) is 31.1 Å². The lowest BCUT2D eigenvalue weighted by atomic mass is 10.0. The van der Waals surface area contributed by atoms with E-state index < -0.39 is 6.10 Å². The Bertz CT molecular complexity index is 1020. The first kappa shape index (κ1) is 60.9. The molecule has 0 spiro atoms. The molecule has 370 valence electrons. The monoisotopic (exact) mass is 887 g/mol. The molecule has 0 aliphatic carbocycles. The van der Waals surface area contributed by atoms with Crippen LogP contribution in [0.4, 0.5) is 0 Å². The summed E-state index contributed by atoms with van der Waals surface area (Å²) in [5, 5.41) is 0. The molecule has 0 saturated carbocycles. The number of rotatable bonds is 51. The average Bonchev–Trinajstić information content (AvgIpc) is 3.28. The molecule has 0 aromatic heterocycles. The van der Waals surface area contributed by atoms with Crippen LogP contribution in [0, 0.1) is 0 Å². The molecule has 0 N–H and O–H groups in total. The van der Waals surface area contributed by atoms with Crippen molar-refractivity contribution in [2.45, 2.75) is 309 Å². The lowest BCUT2D eigenvalue weighted by Crippen LogP contribution is -2.30. The van der Waals surface area contributed by atoms with Crippen molar-refractivity contribution in [1.82, 2.24) is 0 Å². The normalized spacial score (nSPS) is 12.1. The maximum atomic E-state index is 12.8. The van der Waals surface area contributed by atoms with Crippen molar-refractivity contribution in [2.75, 3.05) is 13.2 Å². The largest absolute Gasteiger partial charge is 0.462 e. The topological polar surface area (TPSA) is 78.9 Å². The molecule has 0 aliphatic heterocycles. The van der Waals surface area contributed by atoms with Crippen molar-refractivity contribution in [3.8, 4) is 0 Å². The fourth-order valence-electron chi connectivity index (χ4n) is 8.20. The Morgan fingerprint density at radius 3 is 0.810 bits per heavy atom. The molecular formula is C57H106O6. The van der Waals surface area contributed by atoms with E-state index in [0.29, 0.717) is 19.3 Å². The van der Waals surface area contributed by atoms with Gasteiger partial charge in [-0.15, -0.1) is 0 Å². The zero-order valence-corrected chi connectivity index (χ0v) is 42.4. The highest BCUT2D eigenvalue weighted by Crippen LogP contribution is 2.16. The minimum absolute atomic E-state index is 0.0700. The van der Waals surface area contributed by atoms with Gasteiger partial charge in [0, 0.05) is 19.3 Å². The molecule has 6 heteroatoms. The molecule has 0 amide bonds. The molecule has 1 atom stereocenters. The number of hydrogen-bond acceptors (Lipinski definition) is 6. The molecular weight excluding hydrogens is 781 g/mol. The van der Waals surface area contributed by atoms with Crippen LogP contribution in [-0.4, -0.2) is 37.2 Å². The van der Waals surface area contributed by atoms with Gasteiger partial charge in [-0.25, -0.2) is 0 Å². The third-order valence-corrected chi connectivity index (χ3v) is 12.4. The number of unbranched alkanes of at least 4 members (excludes halogenated alkanes) is 36. The summed E-state index contributed by atoms with van der Waals surface area (Å²) in [6.07, 6.45) is 60.2. The van der Waals surface area contributed by atoms with E-state index in [0.717, 1.165) is 64.2 Å². The van der Waals surface area contributed by atoms with Gasteiger partial charge >= 0.3 is 17.9 Å². The third kappa shape index (κ3) is 50.7. The summed E-state index contributed by atoms with van der Waals surface area (Å²) in [7, 11) is 0. The second kappa shape index (κ2) is 52.5. The number of ether oxygens (including phenoxy) is 3. The highest BCUT2D eigenvalue weighted by molar-refractivity contribution is 5.71. The average molecular weight is 887 g/mol. The number of carbonyl (C=O) groups is 3. The highest BCUT2D eigenvalue weighted by atomic mass is 16.6. The smallest absolute Gasteiger partial charge is 0.306 e. The molecule has 0 saturated heterocycles. The van der Waals surface area contributed by atoms with Crippen LogP contribution >= 0.6 is 0 Å². The van der Waals surface area contributed by atoms with Gasteiger partial charge in [0.1, 0.15) is 13.2 Å². The van der Waals surface area contributed by atoms with Crippen LogP contribution in [0.5, 0.6) is 0 Å². The van der Waals surface area contributed by atoms with Gasteiger partial charge in [0.2, 0.25) is 0 Å². The Labute approximate surface area is 392 Å². The van der Waals surface area contributed by atoms with Gasteiger partial charge in [0.05, 0.1) is 0 Å². The van der Waals surface area contributed by atoms with E-state index in [4.69, 9.17) is 14.2 Å². The molecule has 63 heavy (non-hydrogen) atoms. The van der Waals surface area contributed by atoms with Crippen LogP contribution in [0.3, 0.4) is 0 Å². The first-order valence-electron chi connectivity index (χ1n) is 27.8. The molecule has 0 aliphatic rings. The van der Waals surface area contributed by atoms with E-state index in [1.54, 1.807) is 0 Å². The Hall–Kier alpha value is -2.11. The fraction of sp³-hybridized carbons (Fsp3) is 0.877. The quantitative estimate of drug-likeness (QED) is 0.0262. The fourth-order valence-corrected chi connectivity index (χ4v) is 8.20. The lowest BCUT2D eigenvalue weighted by Gasteiger charge is -2.18. The summed E-state index contributed by atoms with van der Waals surface area (Å²) < 4.78 is 16.8. The summed E-state index contributed by atoms with van der Waals surface area (Å²) in [5.41, 5.74) is 0. The summed E-state index contributed by atoms with van der Waals surface area (Å²) in [5.74, 6) is -0.865. The van der Waals surface area contributed by atoms with Crippen molar-refractivity contribution in [3.63, 3.8) is 0 Å². The number of esters is 3. The van der Waals surface area contributed by atoms with Crippen LogP contribution < -0.4 is 0 Å². The van der Waals surface area contributed by atoms with E-state index in [1.807, 2.05) is 0 Å². The first-order chi connectivity index (χ1) is 31.0. The van der Waals surface area contributed by atoms with E-state index in [9.17, 15) is 14.4 Å². The first-order valence-corrected chi connectivity index (χ1v) is 27.8. The van der Waals surface area contributed by atoms with Gasteiger partial charge in [-0.1, -0.05) is 238 Å². The number of allylic oxidation sites excluding steroid dienone is 4. The molecule has 0 aromatic carbocycles. The third-order valence-electron chi connectivity index (χ3n) is 12.4. The van der Waals surface area contributed by atoms with Crippen molar-refractivity contribution in [3.05, 3.63) is 24.3 Å². The molecule has 0 rings (SSSR count). The van der Waals surface area contributed by atoms with Crippen LogP contribution in [-0.2, 0) is 28.6 Å². The van der Waals surface area contributed by atoms with E-state index in [2.05, 4.69) is 45.1 Å². The van der Waals surface area contributed by atoms with Gasteiger partial charge in [-0.2, -0.15) is 0 Å². The van der Waals surface area contributed by atoms with Crippen molar-refractivity contribution >= 4 is 17.9 Å². The zero-order valence-electron chi connectivity index (χ0n) is 42.4. The van der Waals surface area contributed by atoms with Crippen LogP contribution in [0.2, 0.25) is 0 Å². The second-order valence-corrected chi connectivity index (χ2v) is 18.8. The SMILES string of the molecule is CCCCCC/C=C\CCCCCCCC(=O)OC[C@H](COC(=O)CCCCCCCCCCCCC)OC(=O)CCCCCCCCCCCCC/C=C\CCCCCCCC. The summed E-state index contributed by atoms with van der Waals surface area (Å²) in [6.45, 7) is 6.64. The minimum atomic E-state index is -0.770. The van der Waals surface area contributed by atoms with Gasteiger partial charge in [0.15, 0.2) is 6.10 Å². The molecule has 0 unspecified atom stereocenters. The van der Waals surface area contributed by atoms with Crippen molar-refractivity contribution < 1.29 is 28.6 Å². The molecule has 0 radical (unpaired) electrons. The van der Waals surface area contributed by atoms with Crippen LogP contribution in [0.1, 0.15) is 303 Å². The molecule has 0 aromatic rings. The Morgan fingerprint density at radius 1 is 0.302 bits per heavy atom. The van der Waals surface area contributed by atoms with Gasteiger partial charge < -0.3 is 14.2 Å². The van der Waals surface area contributed by atoms with Crippen molar-refractivity contribution in [2.24, 2.45) is 0 Å².